The highest BCUT2D eigenvalue weighted by atomic mass is 19.1. The van der Waals surface area contributed by atoms with Crippen LogP contribution >= 0.6 is 0 Å². The van der Waals surface area contributed by atoms with E-state index in [1.165, 1.54) is 12.1 Å². The zero-order chi connectivity index (χ0) is 21.7. The van der Waals surface area contributed by atoms with Crippen molar-refractivity contribution in [2.45, 2.75) is 40.4 Å². The quantitative estimate of drug-likeness (QED) is 0.538. The van der Waals surface area contributed by atoms with Crippen LogP contribution in [0.3, 0.4) is 0 Å². The van der Waals surface area contributed by atoms with Crippen molar-refractivity contribution < 1.29 is 19.0 Å². The number of carboxylic acids is 1. The lowest BCUT2D eigenvalue weighted by molar-refractivity contribution is 0.0694. The van der Waals surface area contributed by atoms with Gasteiger partial charge in [-0.25, -0.2) is 9.18 Å². The van der Waals surface area contributed by atoms with Crippen molar-refractivity contribution in [2.75, 3.05) is 6.61 Å². The second kappa shape index (κ2) is 9.59. The first-order valence-corrected chi connectivity index (χ1v) is 9.99. The molecule has 2 aromatic carbocycles. The van der Waals surface area contributed by atoms with Crippen LogP contribution in [0.25, 0.3) is 0 Å². The summed E-state index contributed by atoms with van der Waals surface area (Å²) >= 11 is 0. The fraction of sp³-hybridized carbons (Fsp3) is 0.292. The Balaban J connectivity index is 1.76. The van der Waals surface area contributed by atoms with Gasteiger partial charge in [0, 0.05) is 36.6 Å². The van der Waals surface area contributed by atoms with Crippen molar-refractivity contribution in [1.82, 2.24) is 9.88 Å². The molecule has 0 saturated heterocycles. The van der Waals surface area contributed by atoms with Crippen molar-refractivity contribution in [2.24, 2.45) is 0 Å². The topological polar surface area (TPSA) is 63.5 Å². The third-order valence-corrected chi connectivity index (χ3v) is 5.24. The van der Waals surface area contributed by atoms with Crippen LogP contribution in [0.5, 0.6) is 5.75 Å². The lowest BCUT2D eigenvalue weighted by Gasteiger charge is -2.11. The molecular weight excluding hydrogens is 383 g/mol. The Hall–Kier alpha value is -3.12. The van der Waals surface area contributed by atoms with E-state index in [1.54, 1.807) is 12.1 Å². The molecule has 30 heavy (non-hydrogen) atoms. The summed E-state index contributed by atoms with van der Waals surface area (Å²) in [5, 5.41) is 13.1. The lowest BCUT2D eigenvalue weighted by Crippen LogP contribution is -2.15. The molecule has 0 saturated carbocycles. The van der Waals surface area contributed by atoms with E-state index in [1.807, 2.05) is 49.6 Å². The highest BCUT2D eigenvalue weighted by Crippen LogP contribution is 2.24. The van der Waals surface area contributed by atoms with Crippen LogP contribution in [0.2, 0.25) is 0 Å². The Morgan fingerprint density at radius 1 is 1.00 bits per heavy atom. The zero-order valence-corrected chi connectivity index (χ0v) is 17.5. The normalized spacial score (nSPS) is 10.9. The largest absolute Gasteiger partial charge is 0.494 e. The minimum absolute atomic E-state index is 0.287. The number of aromatic nitrogens is 1. The zero-order valence-electron chi connectivity index (χ0n) is 17.5. The molecule has 0 aliphatic heterocycles. The van der Waals surface area contributed by atoms with Gasteiger partial charge in [-0.1, -0.05) is 24.3 Å². The Kier molecular flexibility index (Phi) is 6.90. The van der Waals surface area contributed by atoms with Crippen molar-refractivity contribution in [3.05, 3.63) is 88.0 Å². The third kappa shape index (κ3) is 4.89. The monoisotopic (exact) mass is 410 g/mol. The first-order valence-electron chi connectivity index (χ1n) is 9.99. The molecule has 6 heteroatoms. The molecule has 5 nitrogen and oxygen atoms in total. The van der Waals surface area contributed by atoms with Gasteiger partial charge in [0.1, 0.15) is 11.6 Å². The summed E-state index contributed by atoms with van der Waals surface area (Å²) in [6.45, 7) is 7.88. The molecule has 3 rings (SSSR count). The summed E-state index contributed by atoms with van der Waals surface area (Å²) in [4.78, 5) is 11.9. The molecule has 0 atom stereocenters. The highest BCUT2D eigenvalue weighted by Gasteiger charge is 2.22. The van der Waals surface area contributed by atoms with Gasteiger partial charge in [0.05, 0.1) is 12.2 Å². The number of hydrogen-bond donors (Lipinski definition) is 2. The van der Waals surface area contributed by atoms with Crippen LogP contribution in [0.4, 0.5) is 4.39 Å². The first kappa shape index (κ1) is 21.6. The van der Waals surface area contributed by atoms with Crippen LogP contribution in [-0.4, -0.2) is 22.2 Å². The summed E-state index contributed by atoms with van der Waals surface area (Å²) in [6.07, 6.45) is 0. The number of aromatic carboxylic acids is 1. The Bertz CT molecular complexity index is 1010. The maximum Gasteiger partial charge on any atom is 0.337 e. The predicted molar refractivity (Wildman–Crippen MR) is 115 cm³/mol. The number of halogens is 1. The molecule has 2 N–H and O–H groups in total. The number of rotatable bonds is 9. The second-order valence-electron chi connectivity index (χ2n) is 7.22. The van der Waals surface area contributed by atoms with Crippen molar-refractivity contribution in [1.29, 1.82) is 0 Å². The van der Waals surface area contributed by atoms with E-state index in [-0.39, 0.29) is 5.82 Å². The molecule has 0 spiro atoms. The summed E-state index contributed by atoms with van der Waals surface area (Å²) < 4.78 is 20.6. The molecular formula is C24H27FN2O3. The molecule has 158 valence electrons. The Labute approximate surface area is 176 Å². The Morgan fingerprint density at radius 3 is 2.23 bits per heavy atom. The lowest BCUT2D eigenvalue weighted by atomic mass is 10.1. The van der Waals surface area contributed by atoms with E-state index in [9.17, 15) is 14.3 Å². The minimum Gasteiger partial charge on any atom is -0.494 e. The molecule has 0 bridgehead atoms. The second-order valence-corrected chi connectivity index (χ2v) is 7.22. The van der Waals surface area contributed by atoms with Crippen LogP contribution in [0.15, 0.2) is 48.5 Å². The molecule has 0 fully saturated rings. The molecule has 0 unspecified atom stereocenters. The van der Waals surface area contributed by atoms with Gasteiger partial charge in [-0.05, 0) is 56.2 Å². The first-order chi connectivity index (χ1) is 14.4. The molecule has 0 aliphatic carbocycles. The van der Waals surface area contributed by atoms with E-state index in [4.69, 9.17) is 4.74 Å². The molecule has 1 aromatic heterocycles. The SMILES string of the molecule is CCOc1ccc(CNCc2c(C(=O)O)c(C)n(Cc3ccc(F)cc3)c2C)cc1. The van der Waals surface area contributed by atoms with Crippen LogP contribution in [0.1, 0.15) is 45.4 Å². The smallest absolute Gasteiger partial charge is 0.337 e. The average Bonchev–Trinajstić information content (AvgIpc) is 2.95. The summed E-state index contributed by atoms with van der Waals surface area (Å²) in [5.74, 6) is -0.393. The van der Waals surface area contributed by atoms with Crippen molar-refractivity contribution in [3.8, 4) is 5.75 Å². The van der Waals surface area contributed by atoms with Gasteiger partial charge in [0.15, 0.2) is 0 Å². The number of carbonyl (C=O) groups is 1. The van der Waals surface area contributed by atoms with Crippen molar-refractivity contribution in [3.63, 3.8) is 0 Å². The molecule has 0 amide bonds. The number of nitrogens with one attached hydrogen (secondary N) is 1. The summed E-state index contributed by atoms with van der Waals surface area (Å²) in [5.41, 5.74) is 4.70. The fourth-order valence-electron chi connectivity index (χ4n) is 3.66. The minimum atomic E-state index is -0.939. The van der Waals surface area contributed by atoms with Gasteiger partial charge in [0.25, 0.3) is 0 Å². The van der Waals surface area contributed by atoms with Gasteiger partial charge in [-0.3, -0.25) is 0 Å². The van der Waals surface area contributed by atoms with E-state index in [0.29, 0.717) is 37.5 Å². The average molecular weight is 410 g/mol. The Morgan fingerprint density at radius 2 is 1.63 bits per heavy atom. The summed E-state index contributed by atoms with van der Waals surface area (Å²) in [7, 11) is 0. The number of benzene rings is 2. The number of ether oxygens (including phenoxy) is 1. The van der Waals surface area contributed by atoms with E-state index in [2.05, 4.69) is 5.32 Å². The molecule has 1 heterocycles. The fourth-order valence-corrected chi connectivity index (χ4v) is 3.66. The molecule has 0 radical (unpaired) electrons. The maximum absolute atomic E-state index is 13.2. The predicted octanol–water partition coefficient (Wildman–Crippen LogP) is 4.68. The highest BCUT2D eigenvalue weighted by molar-refractivity contribution is 5.91. The molecule has 0 aliphatic rings. The van der Waals surface area contributed by atoms with Crippen LogP contribution in [0, 0.1) is 19.7 Å². The standard InChI is InChI=1S/C24H27FN2O3/c1-4-30-21-11-7-18(8-12-21)13-26-14-22-16(2)27(17(3)23(22)24(28)29)15-19-5-9-20(25)10-6-19/h5-12,26H,4,13-15H2,1-3H3,(H,28,29). The number of carboxylic acid groups (broad SMARTS) is 1. The van der Waals surface area contributed by atoms with E-state index in [0.717, 1.165) is 28.1 Å². The van der Waals surface area contributed by atoms with E-state index < -0.39 is 5.97 Å². The van der Waals surface area contributed by atoms with Gasteiger partial charge in [-0.2, -0.15) is 0 Å². The number of hydrogen-bond acceptors (Lipinski definition) is 3. The molecule has 3 aromatic rings. The van der Waals surface area contributed by atoms with E-state index >= 15 is 0 Å². The summed E-state index contributed by atoms with van der Waals surface area (Å²) in [6, 6.07) is 14.1. The number of nitrogens with zero attached hydrogens (tertiary/aromatic N) is 1. The van der Waals surface area contributed by atoms with Gasteiger partial charge in [0.2, 0.25) is 0 Å². The van der Waals surface area contributed by atoms with Gasteiger partial charge < -0.3 is 19.7 Å². The van der Waals surface area contributed by atoms with Crippen LogP contribution < -0.4 is 10.1 Å². The van der Waals surface area contributed by atoms with Gasteiger partial charge in [-0.15, -0.1) is 0 Å². The van der Waals surface area contributed by atoms with Gasteiger partial charge >= 0.3 is 5.97 Å². The maximum atomic E-state index is 13.2. The van der Waals surface area contributed by atoms with Crippen molar-refractivity contribution >= 4 is 5.97 Å². The van der Waals surface area contributed by atoms with Crippen LogP contribution in [-0.2, 0) is 19.6 Å². The third-order valence-electron chi connectivity index (χ3n) is 5.24.